The molecule has 8 nitrogen and oxygen atoms in total. The Kier molecular flexibility index (Phi) is 6.04. The summed E-state index contributed by atoms with van der Waals surface area (Å²) in [6.07, 6.45) is 2.37. The smallest absolute Gasteiger partial charge is 0.229 e. The number of ether oxygens (including phenoxy) is 1. The van der Waals surface area contributed by atoms with Crippen molar-refractivity contribution in [2.75, 3.05) is 28.7 Å². The molecule has 0 atom stereocenters. The molecular formula is C18H17ClFN5O3S. The molecule has 152 valence electrons. The first-order chi connectivity index (χ1) is 13.7. The summed E-state index contributed by atoms with van der Waals surface area (Å²) in [5.41, 5.74) is 0.823. The van der Waals surface area contributed by atoms with Crippen LogP contribution in [0.15, 0.2) is 48.7 Å². The van der Waals surface area contributed by atoms with Crippen molar-refractivity contribution >= 4 is 50.5 Å². The van der Waals surface area contributed by atoms with Crippen molar-refractivity contribution in [1.82, 2.24) is 9.97 Å². The number of benzene rings is 2. The predicted octanol–water partition coefficient (Wildman–Crippen LogP) is 4.14. The SMILES string of the molecule is COc1ccc(Nc2nc(Nc3ccccc3F)ncc2Cl)c(NS(C)(=O)=O)c1. The topological polar surface area (TPSA) is 105 Å². The van der Waals surface area contributed by atoms with Gasteiger partial charge < -0.3 is 15.4 Å². The van der Waals surface area contributed by atoms with Crippen LogP contribution in [0.25, 0.3) is 0 Å². The molecule has 29 heavy (non-hydrogen) atoms. The molecule has 0 radical (unpaired) electrons. The quantitative estimate of drug-likeness (QED) is 0.510. The fourth-order valence-electron chi connectivity index (χ4n) is 2.37. The number of aromatic nitrogens is 2. The zero-order valence-corrected chi connectivity index (χ0v) is 17.0. The van der Waals surface area contributed by atoms with Crippen LogP contribution < -0.4 is 20.1 Å². The van der Waals surface area contributed by atoms with Gasteiger partial charge in [-0.15, -0.1) is 0 Å². The van der Waals surface area contributed by atoms with E-state index in [1.54, 1.807) is 24.3 Å². The lowest BCUT2D eigenvalue weighted by Crippen LogP contribution is -2.11. The molecule has 3 aromatic rings. The molecule has 0 saturated carbocycles. The van der Waals surface area contributed by atoms with Crippen LogP contribution in [0, 0.1) is 5.82 Å². The Morgan fingerprint density at radius 1 is 1.07 bits per heavy atom. The van der Waals surface area contributed by atoms with E-state index in [-0.39, 0.29) is 28.2 Å². The van der Waals surface area contributed by atoms with E-state index < -0.39 is 15.8 Å². The molecule has 3 N–H and O–H groups in total. The van der Waals surface area contributed by atoms with Crippen LogP contribution in [0.1, 0.15) is 0 Å². The molecule has 0 spiro atoms. The lowest BCUT2D eigenvalue weighted by molar-refractivity contribution is 0.415. The second-order valence-electron chi connectivity index (χ2n) is 5.91. The van der Waals surface area contributed by atoms with E-state index in [2.05, 4.69) is 25.3 Å². The standard InChI is InChI=1S/C18H17ClFN5O3S/c1-28-11-7-8-15(16(9-11)25-29(2,26)27)22-17-12(19)10-21-18(24-17)23-14-6-4-3-5-13(14)20/h3-10,25H,1-2H3,(H2,21,22,23,24). The third kappa shape index (κ3) is 5.46. The fourth-order valence-corrected chi connectivity index (χ4v) is 3.08. The van der Waals surface area contributed by atoms with Crippen LogP contribution in [0.3, 0.4) is 0 Å². The molecule has 2 aromatic carbocycles. The maximum Gasteiger partial charge on any atom is 0.229 e. The first-order valence-corrected chi connectivity index (χ1v) is 10.5. The molecule has 0 fully saturated rings. The van der Waals surface area contributed by atoms with E-state index in [9.17, 15) is 12.8 Å². The number of nitrogens with zero attached hydrogens (tertiary/aromatic N) is 2. The number of halogens is 2. The number of methoxy groups -OCH3 is 1. The summed E-state index contributed by atoms with van der Waals surface area (Å²) in [7, 11) is -2.08. The van der Waals surface area contributed by atoms with E-state index in [0.29, 0.717) is 11.4 Å². The van der Waals surface area contributed by atoms with Gasteiger partial charge in [-0.3, -0.25) is 4.72 Å². The second kappa shape index (κ2) is 8.50. The van der Waals surface area contributed by atoms with E-state index >= 15 is 0 Å². The van der Waals surface area contributed by atoms with Crippen LogP contribution in [0.4, 0.5) is 33.2 Å². The van der Waals surface area contributed by atoms with Gasteiger partial charge in [0.15, 0.2) is 5.82 Å². The van der Waals surface area contributed by atoms with Crippen LogP contribution in [0.2, 0.25) is 5.02 Å². The molecule has 0 aliphatic carbocycles. The van der Waals surface area contributed by atoms with Gasteiger partial charge in [-0.05, 0) is 24.3 Å². The summed E-state index contributed by atoms with van der Waals surface area (Å²) >= 11 is 6.17. The predicted molar refractivity (Wildman–Crippen MR) is 111 cm³/mol. The normalized spacial score (nSPS) is 11.0. The summed E-state index contributed by atoms with van der Waals surface area (Å²) in [5, 5.41) is 5.91. The van der Waals surface area contributed by atoms with Crippen LogP contribution >= 0.6 is 11.6 Å². The van der Waals surface area contributed by atoms with Gasteiger partial charge >= 0.3 is 0 Å². The molecule has 1 aromatic heterocycles. The fraction of sp³-hybridized carbons (Fsp3) is 0.111. The number of anilines is 5. The van der Waals surface area contributed by atoms with Gasteiger partial charge in [-0.1, -0.05) is 23.7 Å². The maximum absolute atomic E-state index is 13.8. The zero-order chi connectivity index (χ0) is 21.0. The highest BCUT2D eigenvalue weighted by Crippen LogP contribution is 2.32. The third-order valence-corrected chi connectivity index (χ3v) is 4.51. The molecular weight excluding hydrogens is 421 g/mol. The van der Waals surface area contributed by atoms with Crippen molar-refractivity contribution in [1.29, 1.82) is 0 Å². The number of nitrogens with one attached hydrogen (secondary N) is 3. The highest BCUT2D eigenvalue weighted by atomic mass is 35.5. The zero-order valence-electron chi connectivity index (χ0n) is 15.4. The largest absolute Gasteiger partial charge is 0.497 e. The molecule has 11 heteroatoms. The number of hydrogen-bond acceptors (Lipinski definition) is 7. The highest BCUT2D eigenvalue weighted by molar-refractivity contribution is 7.92. The molecule has 0 bridgehead atoms. The van der Waals surface area contributed by atoms with Gasteiger partial charge in [0, 0.05) is 6.07 Å². The summed E-state index contributed by atoms with van der Waals surface area (Å²) < 4.78 is 44.8. The first kappa shape index (κ1) is 20.6. The maximum atomic E-state index is 13.8. The van der Waals surface area contributed by atoms with Gasteiger partial charge in [-0.2, -0.15) is 4.98 Å². The summed E-state index contributed by atoms with van der Waals surface area (Å²) in [6.45, 7) is 0. The minimum absolute atomic E-state index is 0.105. The molecule has 0 unspecified atom stereocenters. The molecule has 1 heterocycles. The van der Waals surface area contributed by atoms with Crippen molar-refractivity contribution < 1.29 is 17.5 Å². The lowest BCUT2D eigenvalue weighted by atomic mass is 10.2. The van der Waals surface area contributed by atoms with Crippen molar-refractivity contribution in [3.8, 4) is 5.75 Å². The molecule has 0 amide bonds. The number of para-hydroxylation sites is 1. The Balaban J connectivity index is 1.93. The van der Waals surface area contributed by atoms with Gasteiger partial charge in [0.2, 0.25) is 16.0 Å². The summed E-state index contributed by atoms with van der Waals surface area (Å²) in [6, 6.07) is 10.8. The minimum atomic E-state index is -3.55. The number of sulfonamides is 1. The average Bonchev–Trinajstić information content (AvgIpc) is 2.66. The van der Waals surface area contributed by atoms with E-state index in [1.807, 2.05) is 0 Å². The Labute approximate surface area is 172 Å². The van der Waals surface area contributed by atoms with Crippen molar-refractivity contribution in [3.63, 3.8) is 0 Å². The van der Waals surface area contributed by atoms with Crippen molar-refractivity contribution in [2.24, 2.45) is 0 Å². The first-order valence-electron chi connectivity index (χ1n) is 8.22. The van der Waals surface area contributed by atoms with Gasteiger partial charge in [0.1, 0.15) is 16.6 Å². The van der Waals surface area contributed by atoms with E-state index in [1.165, 1.54) is 31.5 Å². The van der Waals surface area contributed by atoms with E-state index in [4.69, 9.17) is 16.3 Å². The monoisotopic (exact) mass is 437 g/mol. The number of hydrogen-bond donors (Lipinski definition) is 3. The molecule has 0 aliphatic rings. The second-order valence-corrected chi connectivity index (χ2v) is 8.06. The summed E-state index contributed by atoms with van der Waals surface area (Å²) in [5.74, 6) is 0.295. The van der Waals surface area contributed by atoms with Gasteiger partial charge in [0.05, 0.1) is 36.6 Å². The Morgan fingerprint density at radius 3 is 2.52 bits per heavy atom. The third-order valence-electron chi connectivity index (χ3n) is 3.64. The number of rotatable bonds is 7. The Hall–Kier alpha value is -3.11. The van der Waals surface area contributed by atoms with Crippen LogP contribution in [0.5, 0.6) is 5.75 Å². The molecule has 0 saturated heterocycles. The van der Waals surface area contributed by atoms with E-state index in [0.717, 1.165) is 6.26 Å². The Bertz CT molecular complexity index is 1140. The van der Waals surface area contributed by atoms with Gasteiger partial charge in [0.25, 0.3) is 0 Å². The van der Waals surface area contributed by atoms with Crippen LogP contribution in [-0.2, 0) is 10.0 Å². The van der Waals surface area contributed by atoms with Crippen molar-refractivity contribution in [3.05, 3.63) is 59.5 Å². The average molecular weight is 438 g/mol. The summed E-state index contributed by atoms with van der Waals surface area (Å²) in [4.78, 5) is 8.28. The highest BCUT2D eigenvalue weighted by Gasteiger charge is 2.13. The van der Waals surface area contributed by atoms with Crippen molar-refractivity contribution in [2.45, 2.75) is 0 Å². The molecule has 0 aliphatic heterocycles. The van der Waals surface area contributed by atoms with Gasteiger partial charge in [-0.25, -0.2) is 17.8 Å². The molecule has 3 rings (SSSR count). The minimum Gasteiger partial charge on any atom is -0.497 e. The Morgan fingerprint density at radius 2 is 1.83 bits per heavy atom. The van der Waals surface area contributed by atoms with Crippen LogP contribution in [-0.4, -0.2) is 31.8 Å². The lowest BCUT2D eigenvalue weighted by Gasteiger charge is -2.15.